The molecule has 0 saturated carbocycles. The Labute approximate surface area is 145 Å². The van der Waals surface area contributed by atoms with E-state index in [0.29, 0.717) is 11.3 Å². The fourth-order valence-electron chi connectivity index (χ4n) is 1.97. The van der Waals surface area contributed by atoms with E-state index >= 15 is 0 Å². The Bertz CT molecular complexity index is 794. The molecule has 0 bridgehead atoms. The zero-order valence-corrected chi connectivity index (χ0v) is 14.3. The van der Waals surface area contributed by atoms with Crippen LogP contribution in [0.3, 0.4) is 0 Å². The van der Waals surface area contributed by atoms with E-state index in [-0.39, 0.29) is 12.3 Å². The Morgan fingerprint density at radius 3 is 2.48 bits per heavy atom. The number of amides is 2. The third kappa shape index (κ3) is 4.47. The third-order valence-corrected chi connectivity index (χ3v) is 3.76. The van der Waals surface area contributed by atoms with Crippen LogP contribution in [0.1, 0.15) is 40.3 Å². The monoisotopic (exact) mass is 344 g/mol. The predicted octanol–water partition coefficient (Wildman–Crippen LogP) is 2.68. The molecule has 0 unspecified atom stereocenters. The molecule has 0 spiro atoms. The van der Waals surface area contributed by atoms with Crippen molar-refractivity contribution < 1.29 is 23.9 Å². The number of hydrogen-bond donors (Lipinski definition) is 3. The number of furan rings is 1. The fraction of sp³-hybridized carbons (Fsp3) is 0.278. The summed E-state index contributed by atoms with van der Waals surface area (Å²) >= 11 is 0. The number of carbonyl (C=O) groups is 3. The number of benzene rings is 1. The van der Waals surface area contributed by atoms with E-state index in [1.165, 1.54) is 26.2 Å². The summed E-state index contributed by atoms with van der Waals surface area (Å²) in [6.07, 6.45) is 1.40. The second-order valence-electron chi connectivity index (χ2n) is 6.33. The molecule has 25 heavy (non-hydrogen) atoms. The fourth-order valence-corrected chi connectivity index (χ4v) is 1.97. The lowest BCUT2D eigenvalue weighted by Crippen LogP contribution is -2.38. The number of aryl methyl sites for hydroxylation is 1. The molecule has 0 radical (unpaired) electrons. The average Bonchev–Trinajstić information content (AvgIpc) is 3.09. The molecule has 132 valence electrons. The summed E-state index contributed by atoms with van der Waals surface area (Å²) in [5.74, 6) is -1.67. The summed E-state index contributed by atoms with van der Waals surface area (Å²) < 4.78 is 5.04. The Balaban J connectivity index is 2.11. The first kappa shape index (κ1) is 18.3. The zero-order valence-electron chi connectivity index (χ0n) is 14.3. The van der Waals surface area contributed by atoms with E-state index in [1.807, 2.05) is 0 Å². The first-order valence-electron chi connectivity index (χ1n) is 7.68. The molecule has 1 aromatic carbocycles. The number of carboxylic acid groups (broad SMARTS) is 1. The number of rotatable bonds is 6. The molecule has 2 amide bonds. The zero-order chi connectivity index (χ0) is 18.6. The highest BCUT2D eigenvalue weighted by molar-refractivity contribution is 6.04. The van der Waals surface area contributed by atoms with Crippen molar-refractivity contribution in [2.75, 3.05) is 11.9 Å². The molecular formula is C18H20N2O5. The lowest BCUT2D eigenvalue weighted by Gasteiger charge is -2.19. The van der Waals surface area contributed by atoms with E-state index in [4.69, 9.17) is 9.52 Å². The van der Waals surface area contributed by atoms with Crippen LogP contribution in [-0.2, 0) is 4.79 Å². The molecule has 0 saturated heterocycles. The van der Waals surface area contributed by atoms with Crippen LogP contribution in [0, 0.1) is 12.3 Å². The second-order valence-corrected chi connectivity index (χ2v) is 6.33. The minimum absolute atomic E-state index is 0.0108. The average molecular weight is 344 g/mol. The van der Waals surface area contributed by atoms with E-state index in [2.05, 4.69) is 10.6 Å². The molecule has 0 aliphatic carbocycles. The van der Waals surface area contributed by atoms with Crippen molar-refractivity contribution in [1.82, 2.24) is 5.32 Å². The van der Waals surface area contributed by atoms with Gasteiger partial charge in [0.05, 0.1) is 11.7 Å². The van der Waals surface area contributed by atoms with Crippen LogP contribution in [0.15, 0.2) is 41.0 Å². The lowest BCUT2D eigenvalue weighted by atomic mass is 9.94. The molecule has 0 aliphatic rings. The molecule has 3 N–H and O–H groups in total. The van der Waals surface area contributed by atoms with Gasteiger partial charge < -0.3 is 20.2 Å². The molecule has 1 heterocycles. The summed E-state index contributed by atoms with van der Waals surface area (Å²) in [6.45, 7) is 4.84. The summed E-state index contributed by atoms with van der Waals surface area (Å²) in [4.78, 5) is 35.4. The maximum atomic E-state index is 12.3. The van der Waals surface area contributed by atoms with Gasteiger partial charge in [-0.25, -0.2) is 0 Å². The van der Waals surface area contributed by atoms with Gasteiger partial charge in [-0.2, -0.15) is 0 Å². The highest BCUT2D eigenvalue weighted by atomic mass is 16.4. The minimum Gasteiger partial charge on any atom is -0.481 e. The van der Waals surface area contributed by atoms with E-state index < -0.39 is 23.2 Å². The highest BCUT2D eigenvalue weighted by Gasteiger charge is 2.27. The van der Waals surface area contributed by atoms with Crippen LogP contribution in [0.2, 0.25) is 0 Å². The van der Waals surface area contributed by atoms with Gasteiger partial charge in [0.15, 0.2) is 5.76 Å². The third-order valence-electron chi connectivity index (χ3n) is 3.76. The molecule has 1 aromatic heterocycles. The van der Waals surface area contributed by atoms with Gasteiger partial charge >= 0.3 is 5.97 Å². The van der Waals surface area contributed by atoms with E-state index in [1.54, 1.807) is 31.2 Å². The van der Waals surface area contributed by atoms with Crippen LogP contribution in [0.4, 0.5) is 5.69 Å². The number of hydrogen-bond acceptors (Lipinski definition) is 4. The van der Waals surface area contributed by atoms with Gasteiger partial charge in [-0.05, 0) is 50.6 Å². The van der Waals surface area contributed by atoms with Crippen molar-refractivity contribution in [3.8, 4) is 0 Å². The lowest BCUT2D eigenvalue weighted by molar-refractivity contribution is -0.146. The van der Waals surface area contributed by atoms with Gasteiger partial charge in [0.1, 0.15) is 0 Å². The van der Waals surface area contributed by atoms with Gasteiger partial charge in [-0.15, -0.1) is 0 Å². The largest absolute Gasteiger partial charge is 0.481 e. The summed E-state index contributed by atoms with van der Waals surface area (Å²) in [5, 5.41) is 14.4. The Kier molecular flexibility index (Phi) is 5.26. The topological polar surface area (TPSA) is 109 Å². The maximum absolute atomic E-state index is 12.3. The van der Waals surface area contributed by atoms with Crippen molar-refractivity contribution in [3.05, 3.63) is 53.5 Å². The van der Waals surface area contributed by atoms with Crippen LogP contribution in [-0.4, -0.2) is 29.4 Å². The van der Waals surface area contributed by atoms with Crippen molar-refractivity contribution in [1.29, 1.82) is 0 Å². The summed E-state index contributed by atoms with van der Waals surface area (Å²) in [6, 6.07) is 8.00. The van der Waals surface area contributed by atoms with Gasteiger partial charge in [-0.1, -0.05) is 6.07 Å². The minimum atomic E-state index is -1.07. The molecule has 2 aromatic rings. The quantitative estimate of drug-likeness (QED) is 0.746. The summed E-state index contributed by atoms with van der Waals surface area (Å²) in [5.41, 5.74) is 0.506. The van der Waals surface area contributed by atoms with Crippen molar-refractivity contribution in [3.63, 3.8) is 0 Å². The van der Waals surface area contributed by atoms with Gasteiger partial charge in [-0.3, -0.25) is 14.4 Å². The molecule has 7 nitrogen and oxygen atoms in total. The van der Waals surface area contributed by atoms with E-state index in [0.717, 1.165) is 5.56 Å². The van der Waals surface area contributed by atoms with Crippen LogP contribution in [0.25, 0.3) is 0 Å². The SMILES string of the molecule is Cc1ccc(C(=O)NCC(C)(C)C(=O)O)cc1NC(=O)c1ccco1. The van der Waals surface area contributed by atoms with Gasteiger partial charge in [0.25, 0.3) is 11.8 Å². The van der Waals surface area contributed by atoms with Crippen LogP contribution < -0.4 is 10.6 Å². The number of carboxylic acids is 1. The normalized spacial score (nSPS) is 11.0. The Morgan fingerprint density at radius 2 is 1.88 bits per heavy atom. The van der Waals surface area contributed by atoms with E-state index in [9.17, 15) is 14.4 Å². The molecule has 7 heteroatoms. The van der Waals surface area contributed by atoms with Gasteiger partial charge in [0.2, 0.25) is 0 Å². The van der Waals surface area contributed by atoms with Crippen molar-refractivity contribution in [2.24, 2.45) is 5.41 Å². The van der Waals surface area contributed by atoms with Crippen molar-refractivity contribution in [2.45, 2.75) is 20.8 Å². The van der Waals surface area contributed by atoms with Crippen LogP contribution in [0.5, 0.6) is 0 Å². The summed E-state index contributed by atoms with van der Waals surface area (Å²) in [7, 11) is 0. The molecule has 0 aliphatic heterocycles. The smallest absolute Gasteiger partial charge is 0.310 e. The molecular weight excluding hydrogens is 324 g/mol. The number of aliphatic carboxylic acids is 1. The first-order valence-corrected chi connectivity index (χ1v) is 7.68. The molecule has 0 atom stereocenters. The molecule has 2 rings (SSSR count). The predicted molar refractivity (Wildman–Crippen MR) is 91.6 cm³/mol. The second kappa shape index (κ2) is 7.21. The number of nitrogens with one attached hydrogen (secondary N) is 2. The van der Waals surface area contributed by atoms with Gasteiger partial charge in [0, 0.05) is 17.8 Å². The number of anilines is 1. The van der Waals surface area contributed by atoms with Crippen molar-refractivity contribution >= 4 is 23.5 Å². The standard InChI is InChI=1S/C18H20N2O5/c1-11-6-7-12(15(21)19-10-18(2,3)17(23)24)9-13(11)20-16(22)14-5-4-8-25-14/h4-9H,10H2,1-3H3,(H,19,21)(H,20,22)(H,23,24). The molecule has 0 fully saturated rings. The highest BCUT2D eigenvalue weighted by Crippen LogP contribution is 2.19. The Morgan fingerprint density at radius 1 is 1.16 bits per heavy atom. The maximum Gasteiger partial charge on any atom is 0.310 e. The number of carbonyl (C=O) groups excluding carboxylic acids is 2. The first-order chi connectivity index (χ1) is 11.7. The van der Waals surface area contributed by atoms with Crippen LogP contribution >= 0.6 is 0 Å². The Hall–Kier alpha value is -3.09.